The maximum atomic E-state index is 13.5. The van der Waals surface area contributed by atoms with Gasteiger partial charge >= 0.3 is 0 Å². The van der Waals surface area contributed by atoms with Gasteiger partial charge in [-0.15, -0.1) is 11.3 Å². The minimum atomic E-state index is -0.174. The van der Waals surface area contributed by atoms with Gasteiger partial charge in [0.2, 0.25) is 4.80 Å². The smallest absolute Gasteiger partial charge is 0.283 e. The minimum Gasteiger partial charge on any atom is -0.283 e. The van der Waals surface area contributed by atoms with E-state index in [9.17, 15) is 4.79 Å². The minimum absolute atomic E-state index is 0.174. The second-order valence-corrected chi connectivity index (χ2v) is 9.80. The Balaban J connectivity index is 1.74. The van der Waals surface area contributed by atoms with Gasteiger partial charge in [0.05, 0.1) is 22.8 Å². The largest absolute Gasteiger partial charge is 0.297 e. The van der Waals surface area contributed by atoms with E-state index >= 15 is 0 Å². The molecule has 0 aliphatic heterocycles. The third-order valence-electron chi connectivity index (χ3n) is 6.55. The lowest BCUT2D eigenvalue weighted by atomic mass is 10.1. The summed E-state index contributed by atoms with van der Waals surface area (Å²) in [5.41, 5.74) is 7.87. The number of para-hydroxylation sites is 1. The van der Waals surface area contributed by atoms with E-state index in [2.05, 4.69) is 37.0 Å². The number of benzene rings is 2. The fraction of sp³-hybridized carbons (Fsp3) is 0.172. The van der Waals surface area contributed by atoms with Crippen LogP contribution in [-0.4, -0.2) is 24.7 Å². The molecule has 3 aromatic heterocycles. The molecule has 0 saturated heterocycles. The second-order valence-electron chi connectivity index (χ2n) is 8.96. The number of rotatable bonds is 5. The predicted molar refractivity (Wildman–Crippen MR) is 150 cm³/mol. The third-order valence-corrected chi connectivity index (χ3v) is 7.36. The predicted octanol–water partition coefficient (Wildman–Crippen LogP) is 5.53. The van der Waals surface area contributed by atoms with Crippen LogP contribution in [0, 0.1) is 20.8 Å². The van der Waals surface area contributed by atoms with Crippen LogP contribution in [0.25, 0.3) is 16.9 Å². The van der Waals surface area contributed by atoms with Crippen molar-refractivity contribution < 1.29 is 0 Å². The summed E-state index contributed by atoms with van der Waals surface area (Å²) in [6, 6.07) is 19.8. The van der Waals surface area contributed by atoms with Crippen molar-refractivity contribution >= 4 is 22.7 Å². The SMILES string of the molecule is CC(=Nn1c(-c2ccc(C)c(C)c2)csc1=Nc1c(C)n(C)n(-c2ccccc2)c1=O)c1cccnc1. The van der Waals surface area contributed by atoms with Crippen molar-refractivity contribution in [1.82, 2.24) is 19.0 Å². The molecule has 5 aromatic rings. The Bertz CT molecular complexity index is 1740. The van der Waals surface area contributed by atoms with Crippen LogP contribution in [0.15, 0.2) is 93.3 Å². The summed E-state index contributed by atoms with van der Waals surface area (Å²) >= 11 is 1.46. The van der Waals surface area contributed by atoms with Crippen LogP contribution in [0.1, 0.15) is 29.3 Å². The molecule has 0 saturated carbocycles. The monoisotopic (exact) mass is 508 g/mol. The second kappa shape index (κ2) is 9.99. The summed E-state index contributed by atoms with van der Waals surface area (Å²) in [5, 5.41) is 6.99. The molecule has 8 heteroatoms. The van der Waals surface area contributed by atoms with Gasteiger partial charge in [0.1, 0.15) is 0 Å². The molecule has 5 rings (SSSR count). The molecule has 2 aromatic carbocycles. The highest BCUT2D eigenvalue weighted by Crippen LogP contribution is 2.24. The van der Waals surface area contributed by atoms with Crippen molar-refractivity contribution in [2.24, 2.45) is 17.1 Å². The summed E-state index contributed by atoms with van der Waals surface area (Å²) in [5.74, 6) is 0. The summed E-state index contributed by atoms with van der Waals surface area (Å²) in [6.45, 7) is 8.06. The zero-order valence-electron chi connectivity index (χ0n) is 21.5. The molecule has 0 amide bonds. The molecular weight excluding hydrogens is 480 g/mol. The molecule has 0 bridgehead atoms. The molecule has 0 atom stereocenters. The molecule has 3 heterocycles. The highest BCUT2D eigenvalue weighted by atomic mass is 32.1. The number of aryl methyl sites for hydroxylation is 2. The Kier molecular flexibility index (Phi) is 6.58. The fourth-order valence-electron chi connectivity index (χ4n) is 4.14. The van der Waals surface area contributed by atoms with Crippen LogP contribution < -0.4 is 10.4 Å². The van der Waals surface area contributed by atoms with E-state index in [4.69, 9.17) is 10.1 Å². The topological polar surface area (TPSA) is 69.5 Å². The van der Waals surface area contributed by atoms with Crippen LogP contribution in [0.2, 0.25) is 0 Å². The zero-order chi connectivity index (χ0) is 26.1. The number of thiazole rings is 1. The van der Waals surface area contributed by atoms with Gasteiger partial charge in [-0.2, -0.15) is 5.10 Å². The maximum Gasteiger partial charge on any atom is 0.297 e. The van der Waals surface area contributed by atoms with Crippen LogP contribution in [-0.2, 0) is 7.05 Å². The Labute approximate surface area is 219 Å². The van der Waals surface area contributed by atoms with Gasteiger partial charge in [-0.25, -0.2) is 14.4 Å². The molecule has 0 fully saturated rings. The van der Waals surface area contributed by atoms with E-state index in [-0.39, 0.29) is 5.56 Å². The molecule has 0 aliphatic rings. The van der Waals surface area contributed by atoms with E-state index in [1.165, 1.54) is 22.5 Å². The first-order valence-corrected chi connectivity index (χ1v) is 12.9. The lowest BCUT2D eigenvalue weighted by Crippen LogP contribution is -2.20. The van der Waals surface area contributed by atoms with Crippen molar-refractivity contribution in [1.29, 1.82) is 0 Å². The molecule has 0 N–H and O–H groups in total. The first-order chi connectivity index (χ1) is 17.8. The first kappa shape index (κ1) is 24.4. The van der Waals surface area contributed by atoms with Crippen molar-refractivity contribution in [3.8, 4) is 16.9 Å². The zero-order valence-corrected chi connectivity index (χ0v) is 22.3. The number of pyridine rings is 1. The van der Waals surface area contributed by atoms with E-state index in [0.717, 1.165) is 33.9 Å². The summed E-state index contributed by atoms with van der Waals surface area (Å²) in [4.78, 5) is 23.3. The van der Waals surface area contributed by atoms with Crippen molar-refractivity contribution in [3.05, 3.63) is 116 Å². The normalized spacial score (nSPS) is 12.4. The molecule has 0 unspecified atom stereocenters. The van der Waals surface area contributed by atoms with E-state index in [1.807, 2.05) is 78.1 Å². The number of hydrogen-bond acceptors (Lipinski definition) is 5. The van der Waals surface area contributed by atoms with Gasteiger partial charge in [-0.05, 0) is 63.1 Å². The fourth-order valence-corrected chi connectivity index (χ4v) is 4.97. The Morgan fingerprint density at radius 2 is 1.76 bits per heavy atom. The van der Waals surface area contributed by atoms with E-state index in [0.29, 0.717) is 10.5 Å². The van der Waals surface area contributed by atoms with E-state index < -0.39 is 0 Å². The quantitative estimate of drug-likeness (QED) is 0.293. The van der Waals surface area contributed by atoms with Crippen molar-refractivity contribution in [2.75, 3.05) is 0 Å². The molecular formula is C29H28N6OS. The van der Waals surface area contributed by atoms with Crippen LogP contribution in [0.4, 0.5) is 5.69 Å². The molecule has 37 heavy (non-hydrogen) atoms. The van der Waals surface area contributed by atoms with Gasteiger partial charge in [0.15, 0.2) is 5.69 Å². The molecule has 0 aliphatic carbocycles. The van der Waals surface area contributed by atoms with Gasteiger partial charge in [-0.1, -0.05) is 36.4 Å². The van der Waals surface area contributed by atoms with Crippen molar-refractivity contribution in [2.45, 2.75) is 27.7 Å². The first-order valence-electron chi connectivity index (χ1n) is 12.0. The summed E-state index contributed by atoms with van der Waals surface area (Å²) in [6.07, 6.45) is 3.53. The average Bonchev–Trinajstić information content (AvgIpc) is 3.40. The Hall–Kier alpha value is -4.30. The number of hydrogen-bond donors (Lipinski definition) is 0. The van der Waals surface area contributed by atoms with E-state index in [1.54, 1.807) is 17.1 Å². The summed E-state index contributed by atoms with van der Waals surface area (Å²) < 4.78 is 5.30. The van der Waals surface area contributed by atoms with Crippen LogP contribution in [0.3, 0.4) is 0 Å². The Morgan fingerprint density at radius 1 is 0.973 bits per heavy atom. The lowest BCUT2D eigenvalue weighted by Gasteiger charge is -2.08. The van der Waals surface area contributed by atoms with Gasteiger partial charge in [0, 0.05) is 35.9 Å². The highest BCUT2D eigenvalue weighted by Gasteiger charge is 2.17. The number of aromatic nitrogens is 4. The van der Waals surface area contributed by atoms with Gasteiger partial charge < -0.3 is 0 Å². The standard InChI is InChI=1S/C29H28N6OS/c1-19-13-14-23(16-20(19)2)26-18-37-29(34(26)32-21(3)24-10-9-15-30-17-24)31-27-22(4)33(5)35(28(27)36)25-11-7-6-8-12-25/h6-18H,1-5H3. The number of nitrogens with zero attached hydrogens (tertiary/aromatic N) is 6. The van der Waals surface area contributed by atoms with Crippen LogP contribution in [0.5, 0.6) is 0 Å². The maximum absolute atomic E-state index is 13.5. The molecule has 0 radical (unpaired) electrons. The van der Waals surface area contributed by atoms with Gasteiger partial charge in [-0.3, -0.25) is 14.5 Å². The van der Waals surface area contributed by atoms with Gasteiger partial charge in [0.25, 0.3) is 5.56 Å². The average molecular weight is 509 g/mol. The van der Waals surface area contributed by atoms with Crippen LogP contribution >= 0.6 is 11.3 Å². The molecule has 0 spiro atoms. The highest BCUT2D eigenvalue weighted by molar-refractivity contribution is 7.07. The molecule has 186 valence electrons. The Morgan fingerprint density at radius 3 is 2.46 bits per heavy atom. The lowest BCUT2D eigenvalue weighted by molar-refractivity contribution is 0.630. The summed E-state index contributed by atoms with van der Waals surface area (Å²) in [7, 11) is 1.87. The van der Waals surface area contributed by atoms with Crippen molar-refractivity contribution in [3.63, 3.8) is 0 Å². The third kappa shape index (κ3) is 4.63. The molecule has 7 nitrogen and oxygen atoms in total.